The van der Waals surface area contributed by atoms with E-state index >= 15 is 0 Å². The minimum Gasteiger partial charge on any atom is -0.382 e. The van der Waals surface area contributed by atoms with Crippen molar-refractivity contribution in [3.63, 3.8) is 0 Å². The first-order chi connectivity index (χ1) is 12.3. The van der Waals surface area contributed by atoms with Crippen molar-refractivity contribution in [3.8, 4) is 0 Å². The Morgan fingerprint density at radius 3 is 2.81 bits per heavy atom. The number of hydrogen-bond acceptors (Lipinski definition) is 8. The predicted molar refractivity (Wildman–Crippen MR) is 95.6 cm³/mol. The van der Waals surface area contributed by atoms with E-state index in [2.05, 4.69) is 10.2 Å². The second kappa shape index (κ2) is 9.24. The number of benzene rings is 1. The second-order valence-electron chi connectivity index (χ2n) is 5.99. The van der Waals surface area contributed by atoms with Gasteiger partial charge >= 0.3 is 0 Å². The van der Waals surface area contributed by atoms with Crippen LogP contribution in [0.5, 0.6) is 0 Å². The standard InChI is InChI=1S/C15H24N4O6S/c1-24-9-10-25-8-7-18-6-5-12(11-18)17-15-13(19(20)21)3-2-4-14(15)26(16,22)23/h2-4,12,17H,5-11H2,1H3,(H2,16,22,23)/t12-/m1/s1. The maximum Gasteiger partial charge on any atom is 0.293 e. The highest BCUT2D eigenvalue weighted by atomic mass is 32.2. The number of anilines is 1. The van der Waals surface area contributed by atoms with Gasteiger partial charge in [0.15, 0.2) is 0 Å². The van der Waals surface area contributed by atoms with Gasteiger partial charge in [-0.3, -0.25) is 15.0 Å². The third kappa shape index (κ3) is 5.61. The van der Waals surface area contributed by atoms with E-state index in [9.17, 15) is 18.5 Å². The molecule has 1 aliphatic heterocycles. The Bertz CT molecular complexity index is 727. The van der Waals surface area contributed by atoms with E-state index in [4.69, 9.17) is 14.6 Å². The van der Waals surface area contributed by atoms with Crippen molar-refractivity contribution in [2.75, 3.05) is 51.9 Å². The lowest BCUT2D eigenvalue weighted by Crippen LogP contribution is -2.30. The number of hydrogen-bond donors (Lipinski definition) is 2. The number of nitro benzene ring substituents is 1. The van der Waals surface area contributed by atoms with Crippen molar-refractivity contribution in [1.29, 1.82) is 0 Å². The molecule has 10 nitrogen and oxygen atoms in total. The molecule has 0 aromatic heterocycles. The number of nitrogens with zero attached hydrogens (tertiary/aromatic N) is 2. The van der Waals surface area contributed by atoms with Crippen LogP contribution in [-0.2, 0) is 19.5 Å². The summed E-state index contributed by atoms with van der Waals surface area (Å²) in [5.41, 5.74) is -0.360. The molecule has 0 bridgehead atoms. The summed E-state index contributed by atoms with van der Waals surface area (Å²) >= 11 is 0. The largest absolute Gasteiger partial charge is 0.382 e. The van der Waals surface area contributed by atoms with Gasteiger partial charge in [-0.15, -0.1) is 0 Å². The van der Waals surface area contributed by atoms with Gasteiger partial charge in [-0.25, -0.2) is 13.6 Å². The van der Waals surface area contributed by atoms with Gasteiger partial charge in [0, 0.05) is 38.9 Å². The van der Waals surface area contributed by atoms with Crippen molar-refractivity contribution in [1.82, 2.24) is 4.90 Å². The first-order valence-corrected chi connectivity index (χ1v) is 9.73. The van der Waals surface area contributed by atoms with Gasteiger partial charge in [0.05, 0.1) is 24.7 Å². The number of primary sulfonamides is 1. The van der Waals surface area contributed by atoms with Gasteiger partial charge in [0.1, 0.15) is 10.6 Å². The normalized spacial score (nSPS) is 18.2. The first-order valence-electron chi connectivity index (χ1n) is 8.18. The lowest BCUT2D eigenvalue weighted by atomic mass is 10.2. The molecule has 3 N–H and O–H groups in total. The number of nitrogens with one attached hydrogen (secondary N) is 1. The van der Waals surface area contributed by atoms with Crippen molar-refractivity contribution in [2.24, 2.45) is 5.14 Å². The van der Waals surface area contributed by atoms with Crippen LogP contribution in [0.15, 0.2) is 23.1 Å². The summed E-state index contributed by atoms with van der Waals surface area (Å²) in [5.74, 6) is 0. The predicted octanol–water partition coefficient (Wildman–Crippen LogP) is 0.391. The first kappa shape index (κ1) is 20.5. The molecular weight excluding hydrogens is 364 g/mol. The number of likely N-dealkylation sites (tertiary alicyclic amines) is 1. The molecule has 0 saturated carbocycles. The molecule has 11 heteroatoms. The van der Waals surface area contributed by atoms with E-state index in [1.807, 2.05) is 0 Å². The van der Waals surface area contributed by atoms with Gasteiger partial charge in [0.25, 0.3) is 5.69 Å². The molecule has 0 spiro atoms. The second-order valence-corrected chi connectivity index (χ2v) is 7.52. The molecule has 26 heavy (non-hydrogen) atoms. The van der Waals surface area contributed by atoms with Crippen LogP contribution < -0.4 is 10.5 Å². The Morgan fingerprint density at radius 2 is 2.15 bits per heavy atom. The molecule has 0 aliphatic carbocycles. The summed E-state index contributed by atoms with van der Waals surface area (Å²) in [4.78, 5) is 12.5. The summed E-state index contributed by atoms with van der Waals surface area (Å²) in [6.45, 7) is 3.77. The van der Waals surface area contributed by atoms with Gasteiger partial charge in [-0.1, -0.05) is 6.07 Å². The fraction of sp³-hybridized carbons (Fsp3) is 0.600. The van der Waals surface area contributed by atoms with E-state index in [0.717, 1.165) is 19.5 Å². The quantitative estimate of drug-likeness (QED) is 0.334. The van der Waals surface area contributed by atoms with Crippen LogP contribution in [0.4, 0.5) is 11.4 Å². The minimum atomic E-state index is -4.08. The van der Waals surface area contributed by atoms with E-state index in [-0.39, 0.29) is 22.3 Å². The van der Waals surface area contributed by atoms with Gasteiger partial charge in [-0.05, 0) is 12.5 Å². The molecule has 1 heterocycles. The number of sulfonamides is 1. The van der Waals surface area contributed by atoms with Gasteiger partial charge in [0.2, 0.25) is 10.0 Å². The van der Waals surface area contributed by atoms with Crippen LogP contribution in [0.25, 0.3) is 0 Å². The zero-order chi connectivity index (χ0) is 19.2. The maximum atomic E-state index is 11.8. The van der Waals surface area contributed by atoms with E-state index in [0.29, 0.717) is 26.4 Å². The Hall–Kier alpha value is -1.79. The SMILES string of the molecule is COCCOCCN1CC[C@@H](Nc2c([N+](=O)[O-])cccc2S(N)(=O)=O)C1. The Kier molecular flexibility index (Phi) is 7.29. The highest BCUT2D eigenvalue weighted by Crippen LogP contribution is 2.32. The highest BCUT2D eigenvalue weighted by Gasteiger charge is 2.28. The maximum absolute atomic E-state index is 11.8. The number of nitrogens with two attached hydrogens (primary N) is 1. The van der Waals surface area contributed by atoms with Crippen molar-refractivity contribution in [2.45, 2.75) is 17.4 Å². The molecule has 1 atom stereocenters. The number of rotatable bonds is 10. The fourth-order valence-corrected chi connectivity index (χ4v) is 3.57. The van der Waals surface area contributed by atoms with Crippen LogP contribution in [-0.4, -0.2) is 70.8 Å². The summed E-state index contributed by atoms with van der Waals surface area (Å²) in [6, 6.07) is 3.71. The van der Waals surface area contributed by atoms with Crippen molar-refractivity contribution >= 4 is 21.4 Å². The van der Waals surface area contributed by atoms with Crippen LogP contribution in [0, 0.1) is 10.1 Å². The van der Waals surface area contributed by atoms with Gasteiger partial charge in [-0.2, -0.15) is 0 Å². The smallest absolute Gasteiger partial charge is 0.293 e. The molecule has 0 radical (unpaired) electrons. The third-order valence-electron chi connectivity index (χ3n) is 4.11. The number of nitro groups is 1. The van der Waals surface area contributed by atoms with Crippen LogP contribution in [0.1, 0.15) is 6.42 Å². The zero-order valence-corrected chi connectivity index (χ0v) is 15.4. The van der Waals surface area contributed by atoms with Crippen LogP contribution in [0.2, 0.25) is 0 Å². The summed E-state index contributed by atoms with van der Waals surface area (Å²) in [5, 5.41) is 19.5. The van der Waals surface area contributed by atoms with Crippen LogP contribution in [0.3, 0.4) is 0 Å². The molecule has 0 unspecified atom stereocenters. The van der Waals surface area contributed by atoms with E-state index < -0.39 is 14.9 Å². The monoisotopic (exact) mass is 388 g/mol. The zero-order valence-electron chi connectivity index (χ0n) is 14.6. The molecule has 1 saturated heterocycles. The summed E-state index contributed by atoms with van der Waals surface area (Å²) in [7, 11) is -2.47. The van der Waals surface area contributed by atoms with E-state index in [1.54, 1.807) is 7.11 Å². The molecule has 1 aliphatic rings. The minimum absolute atomic E-state index is 0.0526. The fourth-order valence-electron chi connectivity index (χ4n) is 2.85. The Labute approximate surface area is 152 Å². The molecule has 1 fully saturated rings. The van der Waals surface area contributed by atoms with Crippen molar-refractivity contribution < 1.29 is 22.8 Å². The lowest BCUT2D eigenvalue weighted by Gasteiger charge is -2.18. The third-order valence-corrected chi connectivity index (χ3v) is 5.07. The highest BCUT2D eigenvalue weighted by molar-refractivity contribution is 7.89. The lowest BCUT2D eigenvalue weighted by molar-refractivity contribution is -0.384. The molecule has 0 amide bonds. The number of methoxy groups -OCH3 is 1. The van der Waals surface area contributed by atoms with Gasteiger partial charge < -0.3 is 14.8 Å². The molecule has 1 aromatic carbocycles. The summed E-state index contributed by atoms with van der Waals surface area (Å²) < 4.78 is 33.9. The Morgan fingerprint density at radius 1 is 1.38 bits per heavy atom. The molecule has 2 rings (SSSR count). The topological polar surface area (TPSA) is 137 Å². The average molecular weight is 388 g/mol. The summed E-state index contributed by atoms with van der Waals surface area (Å²) in [6.07, 6.45) is 0.730. The average Bonchev–Trinajstić information content (AvgIpc) is 3.01. The van der Waals surface area contributed by atoms with E-state index in [1.165, 1.54) is 18.2 Å². The number of ether oxygens (including phenoxy) is 2. The molecule has 146 valence electrons. The van der Waals surface area contributed by atoms with Crippen molar-refractivity contribution in [3.05, 3.63) is 28.3 Å². The van der Waals surface area contributed by atoms with Crippen LogP contribution >= 0.6 is 0 Å². The number of para-hydroxylation sites is 1. The molecule has 1 aromatic rings. The molecular formula is C15H24N4O6S. The Balaban J connectivity index is 2.02.